The number of amides is 3. The Bertz CT molecular complexity index is 1060. The molecule has 174 valence electrons. The number of thioether (sulfide) groups is 1. The van der Waals surface area contributed by atoms with Gasteiger partial charge >= 0.3 is 0 Å². The van der Waals surface area contributed by atoms with Crippen LogP contribution in [0, 0.1) is 5.92 Å². The Balaban J connectivity index is 1.53. The first-order chi connectivity index (χ1) is 15.7. The molecular formula is C26H31N3O3S. The fraction of sp³-hybridized carbons (Fsp3) is 0.423. The van der Waals surface area contributed by atoms with E-state index in [4.69, 9.17) is 0 Å². The van der Waals surface area contributed by atoms with Crippen LogP contribution in [0.4, 0.5) is 0 Å². The molecule has 0 bridgehead atoms. The van der Waals surface area contributed by atoms with Gasteiger partial charge in [0.15, 0.2) is 0 Å². The normalized spacial score (nSPS) is 22.3. The molecule has 2 aromatic carbocycles. The Morgan fingerprint density at radius 2 is 1.76 bits per heavy atom. The molecule has 2 unspecified atom stereocenters. The van der Waals surface area contributed by atoms with Crippen LogP contribution in [-0.2, 0) is 16.1 Å². The first-order valence-corrected chi connectivity index (χ1v) is 12.3. The topological polar surface area (TPSA) is 78.5 Å². The third kappa shape index (κ3) is 4.38. The van der Waals surface area contributed by atoms with Crippen molar-refractivity contribution in [1.29, 1.82) is 0 Å². The molecule has 7 heteroatoms. The maximum Gasteiger partial charge on any atom is 0.256 e. The van der Waals surface area contributed by atoms with E-state index in [0.717, 1.165) is 17.5 Å². The Kier molecular flexibility index (Phi) is 6.52. The van der Waals surface area contributed by atoms with Crippen molar-refractivity contribution < 1.29 is 14.4 Å². The van der Waals surface area contributed by atoms with Gasteiger partial charge in [0.2, 0.25) is 11.8 Å². The maximum atomic E-state index is 13.6. The van der Waals surface area contributed by atoms with E-state index < -0.39 is 16.8 Å². The summed E-state index contributed by atoms with van der Waals surface area (Å²) in [5.74, 6) is -0.666. The number of hydrogen-bond acceptors (Lipinski definition) is 4. The van der Waals surface area contributed by atoms with E-state index in [1.165, 1.54) is 0 Å². The first kappa shape index (κ1) is 23.4. The third-order valence-corrected chi connectivity index (χ3v) is 8.18. The van der Waals surface area contributed by atoms with E-state index in [-0.39, 0.29) is 29.0 Å². The predicted octanol–water partition coefficient (Wildman–Crippen LogP) is 3.88. The molecule has 4 atom stereocenters. The number of rotatable bonds is 7. The molecule has 0 aromatic heterocycles. The van der Waals surface area contributed by atoms with E-state index in [2.05, 4.69) is 10.6 Å². The van der Waals surface area contributed by atoms with Crippen molar-refractivity contribution >= 4 is 29.5 Å². The van der Waals surface area contributed by atoms with Crippen LogP contribution in [0.15, 0.2) is 54.6 Å². The largest absolute Gasteiger partial charge is 0.350 e. The lowest BCUT2D eigenvalue weighted by atomic mass is 9.95. The van der Waals surface area contributed by atoms with Gasteiger partial charge < -0.3 is 15.5 Å². The Labute approximate surface area is 199 Å². The highest BCUT2D eigenvalue weighted by Crippen LogP contribution is 2.56. The molecule has 2 aliphatic heterocycles. The number of hydrogen-bond donors (Lipinski definition) is 2. The van der Waals surface area contributed by atoms with Crippen LogP contribution in [-0.4, -0.2) is 39.5 Å². The first-order valence-electron chi connectivity index (χ1n) is 11.5. The summed E-state index contributed by atoms with van der Waals surface area (Å²) in [5, 5.41) is 5.78. The quantitative estimate of drug-likeness (QED) is 0.651. The highest BCUT2D eigenvalue weighted by Gasteiger charge is 2.57. The van der Waals surface area contributed by atoms with Crippen LogP contribution in [0.25, 0.3) is 0 Å². The maximum absolute atomic E-state index is 13.6. The fourth-order valence-electron chi connectivity index (χ4n) is 4.63. The van der Waals surface area contributed by atoms with Gasteiger partial charge in [-0.2, -0.15) is 0 Å². The second-order valence-electron chi connectivity index (χ2n) is 9.35. The van der Waals surface area contributed by atoms with E-state index in [0.29, 0.717) is 12.1 Å². The third-order valence-electron chi connectivity index (χ3n) is 6.65. The second kappa shape index (κ2) is 9.21. The molecule has 2 aromatic rings. The van der Waals surface area contributed by atoms with Crippen molar-refractivity contribution in [3.05, 3.63) is 71.3 Å². The van der Waals surface area contributed by atoms with Gasteiger partial charge in [0.1, 0.15) is 17.5 Å². The van der Waals surface area contributed by atoms with Crippen molar-refractivity contribution in [2.45, 2.75) is 62.9 Å². The number of carbonyl (C=O) groups excluding carboxylic acids is 3. The van der Waals surface area contributed by atoms with Crippen molar-refractivity contribution in [2.24, 2.45) is 5.92 Å². The summed E-state index contributed by atoms with van der Waals surface area (Å²) < 4.78 is -0.488. The Morgan fingerprint density at radius 3 is 2.45 bits per heavy atom. The lowest BCUT2D eigenvalue weighted by Crippen LogP contribution is -2.58. The summed E-state index contributed by atoms with van der Waals surface area (Å²) in [5.41, 5.74) is 2.61. The zero-order valence-electron chi connectivity index (χ0n) is 19.5. The summed E-state index contributed by atoms with van der Waals surface area (Å²) >= 11 is 1.62. The summed E-state index contributed by atoms with van der Waals surface area (Å²) in [6, 6.07) is 15.9. The summed E-state index contributed by atoms with van der Waals surface area (Å²) in [4.78, 5) is 41.6. The molecule has 0 spiro atoms. The van der Waals surface area contributed by atoms with Crippen LogP contribution in [0.5, 0.6) is 0 Å². The number of benzene rings is 2. The number of nitrogens with one attached hydrogen (secondary N) is 2. The summed E-state index contributed by atoms with van der Waals surface area (Å²) in [6.07, 6.45) is 0.739. The number of carbonyl (C=O) groups is 3. The van der Waals surface area contributed by atoms with Gasteiger partial charge in [-0.05, 0) is 37.0 Å². The number of fused-ring (bicyclic) bond motifs is 3. The standard InChI is InChI=1S/C26H31N3O3S/c1-5-16(2)20(22(30)27-15-17-11-7-6-8-12-17)28-23(31)21-26(3,4)33-25-19-14-10-9-13-18(19)24(32)29(21)25/h6-14,16,20-21,25H,5,15H2,1-4H3,(H,27,30)(H,28,31)/t16?,20-,21+,25?/m0/s1. The minimum Gasteiger partial charge on any atom is -0.350 e. The number of nitrogens with zero attached hydrogens (tertiary/aromatic N) is 1. The molecule has 33 heavy (non-hydrogen) atoms. The van der Waals surface area contributed by atoms with Gasteiger partial charge in [-0.25, -0.2) is 0 Å². The van der Waals surface area contributed by atoms with Crippen LogP contribution >= 0.6 is 11.8 Å². The SMILES string of the molecule is CCC(C)[C@H](NC(=O)[C@H]1N2C(=O)c3ccccc3C2SC1(C)C)C(=O)NCc1ccccc1. The van der Waals surface area contributed by atoms with Crippen LogP contribution in [0.3, 0.4) is 0 Å². The highest BCUT2D eigenvalue weighted by molar-refractivity contribution is 8.01. The van der Waals surface area contributed by atoms with E-state index in [1.54, 1.807) is 16.7 Å². The van der Waals surface area contributed by atoms with Crippen molar-refractivity contribution in [1.82, 2.24) is 15.5 Å². The minimum absolute atomic E-state index is 0.0517. The summed E-state index contributed by atoms with van der Waals surface area (Å²) in [6.45, 7) is 8.34. The summed E-state index contributed by atoms with van der Waals surface area (Å²) in [7, 11) is 0. The molecule has 1 fully saturated rings. The molecule has 4 rings (SSSR count). The molecule has 2 N–H and O–H groups in total. The van der Waals surface area contributed by atoms with Gasteiger partial charge in [0, 0.05) is 16.9 Å². The molecule has 0 radical (unpaired) electrons. The molecule has 2 heterocycles. The van der Waals surface area contributed by atoms with E-state index >= 15 is 0 Å². The van der Waals surface area contributed by atoms with Crippen molar-refractivity contribution in [3.63, 3.8) is 0 Å². The minimum atomic E-state index is -0.675. The monoisotopic (exact) mass is 465 g/mol. The van der Waals surface area contributed by atoms with Gasteiger partial charge in [-0.3, -0.25) is 14.4 Å². The van der Waals surface area contributed by atoms with Crippen molar-refractivity contribution in [3.8, 4) is 0 Å². The van der Waals surface area contributed by atoms with Crippen LogP contribution in [0.1, 0.15) is 61.0 Å². The average Bonchev–Trinajstić information content (AvgIpc) is 3.24. The van der Waals surface area contributed by atoms with Crippen LogP contribution < -0.4 is 10.6 Å². The van der Waals surface area contributed by atoms with Gasteiger partial charge in [-0.15, -0.1) is 11.8 Å². The molecule has 6 nitrogen and oxygen atoms in total. The van der Waals surface area contributed by atoms with Crippen LogP contribution in [0.2, 0.25) is 0 Å². The molecule has 0 saturated carbocycles. The van der Waals surface area contributed by atoms with Gasteiger partial charge in [0.05, 0.1) is 0 Å². The van der Waals surface area contributed by atoms with Gasteiger partial charge in [0.25, 0.3) is 5.91 Å². The smallest absolute Gasteiger partial charge is 0.256 e. The Hall–Kier alpha value is -2.80. The molecule has 2 aliphatic rings. The molecule has 0 aliphatic carbocycles. The van der Waals surface area contributed by atoms with E-state index in [9.17, 15) is 14.4 Å². The highest BCUT2D eigenvalue weighted by atomic mass is 32.2. The second-order valence-corrected chi connectivity index (χ2v) is 11.1. The lowest BCUT2D eigenvalue weighted by molar-refractivity contribution is -0.133. The lowest BCUT2D eigenvalue weighted by Gasteiger charge is -2.32. The van der Waals surface area contributed by atoms with Gasteiger partial charge in [-0.1, -0.05) is 68.8 Å². The Morgan fingerprint density at radius 1 is 1.09 bits per heavy atom. The molecule has 3 amide bonds. The predicted molar refractivity (Wildman–Crippen MR) is 130 cm³/mol. The van der Waals surface area contributed by atoms with E-state index in [1.807, 2.05) is 82.3 Å². The molecule has 1 saturated heterocycles. The van der Waals surface area contributed by atoms with Crippen molar-refractivity contribution in [2.75, 3.05) is 0 Å². The molecular weight excluding hydrogens is 434 g/mol. The average molecular weight is 466 g/mol. The zero-order chi connectivity index (χ0) is 23.8. The fourth-order valence-corrected chi connectivity index (χ4v) is 6.22. The zero-order valence-corrected chi connectivity index (χ0v) is 20.3.